The fourth-order valence-electron chi connectivity index (χ4n) is 2.47. The Hall–Kier alpha value is -2.95. The zero-order valence-corrected chi connectivity index (χ0v) is 17.0. The van der Waals surface area contributed by atoms with Gasteiger partial charge < -0.3 is 19.5 Å². The van der Waals surface area contributed by atoms with Gasteiger partial charge in [-0.3, -0.25) is 4.79 Å². The zero-order valence-electron chi connectivity index (χ0n) is 17.0. The SMILES string of the molecule is CCOc1ccc(NC(=O)/C=C/c2ccc(OCCC(C)C)c(OC)c2)cc1. The van der Waals surface area contributed by atoms with Gasteiger partial charge in [-0.15, -0.1) is 0 Å². The zero-order chi connectivity index (χ0) is 20.4. The molecule has 0 aliphatic carbocycles. The number of methoxy groups -OCH3 is 1. The number of hydrogen-bond donors (Lipinski definition) is 1. The van der Waals surface area contributed by atoms with Crippen LogP contribution in [-0.2, 0) is 4.79 Å². The van der Waals surface area contributed by atoms with Crippen molar-refractivity contribution in [1.29, 1.82) is 0 Å². The Labute approximate surface area is 167 Å². The van der Waals surface area contributed by atoms with Gasteiger partial charge >= 0.3 is 0 Å². The van der Waals surface area contributed by atoms with Crippen LogP contribution in [0.4, 0.5) is 5.69 Å². The van der Waals surface area contributed by atoms with Gasteiger partial charge in [-0.05, 0) is 67.3 Å². The highest BCUT2D eigenvalue weighted by Gasteiger charge is 2.06. The minimum Gasteiger partial charge on any atom is -0.494 e. The van der Waals surface area contributed by atoms with Gasteiger partial charge in [0.1, 0.15) is 5.75 Å². The van der Waals surface area contributed by atoms with E-state index in [4.69, 9.17) is 14.2 Å². The molecule has 1 amide bonds. The van der Waals surface area contributed by atoms with Gasteiger partial charge in [0.2, 0.25) is 5.91 Å². The van der Waals surface area contributed by atoms with E-state index in [0.29, 0.717) is 36.3 Å². The molecule has 0 aromatic heterocycles. The molecule has 0 fully saturated rings. The van der Waals surface area contributed by atoms with Crippen molar-refractivity contribution in [3.63, 3.8) is 0 Å². The summed E-state index contributed by atoms with van der Waals surface area (Å²) in [5, 5.41) is 2.82. The second-order valence-corrected chi connectivity index (χ2v) is 6.72. The van der Waals surface area contributed by atoms with E-state index in [1.165, 1.54) is 6.08 Å². The predicted octanol–water partition coefficient (Wildman–Crippen LogP) is 5.17. The average Bonchev–Trinajstić information content (AvgIpc) is 2.68. The molecule has 0 atom stereocenters. The molecule has 150 valence electrons. The predicted molar refractivity (Wildman–Crippen MR) is 113 cm³/mol. The third-order valence-corrected chi connectivity index (χ3v) is 4.00. The maximum absolute atomic E-state index is 12.1. The van der Waals surface area contributed by atoms with E-state index in [9.17, 15) is 4.79 Å². The molecule has 28 heavy (non-hydrogen) atoms. The first-order valence-corrected chi connectivity index (χ1v) is 9.54. The Morgan fingerprint density at radius 3 is 2.46 bits per heavy atom. The second-order valence-electron chi connectivity index (χ2n) is 6.72. The van der Waals surface area contributed by atoms with E-state index >= 15 is 0 Å². The summed E-state index contributed by atoms with van der Waals surface area (Å²) in [6.45, 7) is 7.51. The molecule has 2 aromatic carbocycles. The standard InChI is InChI=1S/C23H29NO4/c1-5-27-20-10-8-19(9-11-20)24-23(25)13-7-18-6-12-21(22(16-18)26-4)28-15-14-17(2)3/h6-13,16-17H,5,14-15H2,1-4H3,(H,24,25)/b13-7+. The normalized spacial score (nSPS) is 10.9. The fraction of sp³-hybridized carbons (Fsp3) is 0.348. The highest BCUT2D eigenvalue weighted by Crippen LogP contribution is 2.29. The first-order chi connectivity index (χ1) is 13.5. The summed E-state index contributed by atoms with van der Waals surface area (Å²) in [4.78, 5) is 12.1. The number of carbonyl (C=O) groups excluding carboxylic acids is 1. The summed E-state index contributed by atoms with van der Waals surface area (Å²) >= 11 is 0. The number of amides is 1. The number of hydrogen-bond acceptors (Lipinski definition) is 4. The van der Waals surface area contributed by atoms with E-state index in [1.807, 2.05) is 49.4 Å². The molecule has 2 rings (SSSR count). The lowest BCUT2D eigenvalue weighted by Crippen LogP contribution is -2.07. The number of benzene rings is 2. The molecule has 0 bridgehead atoms. The van der Waals surface area contributed by atoms with E-state index in [1.54, 1.807) is 13.2 Å². The van der Waals surface area contributed by atoms with Gasteiger partial charge in [-0.1, -0.05) is 19.9 Å². The summed E-state index contributed by atoms with van der Waals surface area (Å²) in [5.74, 6) is 2.51. The minimum atomic E-state index is -0.208. The summed E-state index contributed by atoms with van der Waals surface area (Å²) in [6, 6.07) is 12.9. The Bertz CT molecular complexity index is 782. The number of nitrogens with one attached hydrogen (secondary N) is 1. The largest absolute Gasteiger partial charge is 0.494 e. The average molecular weight is 383 g/mol. The van der Waals surface area contributed by atoms with Gasteiger partial charge in [-0.2, -0.15) is 0 Å². The van der Waals surface area contributed by atoms with Crippen molar-refractivity contribution in [3.8, 4) is 17.2 Å². The summed E-state index contributed by atoms with van der Waals surface area (Å²) in [7, 11) is 1.61. The van der Waals surface area contributed by atoms with Crippen LogP contribution in [0.1, 0.15) is 32.8 Å². The molecule has 0 saturated heterocycles. The fourth-order valence-corrected chi connectivity index (χ4v) is 2.47. The number of carbonyl (C=O) groups is 1. The highest BCUT2D eigenvalue weighted by atomic mass is 16.5. The summed E-state index contributed by atoms with van der Waals surface area (Å²) in [6.07, 6.45) is 4.21. The molecule has 2 aromatic rings. The molecule has 0 radical (unpaired) electrons. The van der Waals surface area contributed by atoms with Crippen LogP contribution in [0.3, 0.4) is 0 Å². The Morgan fingerprint density at radius 2 is 1.82 bits per heavy atom. The van der Waals surface area contributed by atoms with Crippen molar-refractivity contribution in [2.75, 3.05) is 25.6 Å². The Kier molecular flexibility index (Phi) is 8.40. The number of anilines is 1. The van der Waals surface area contributed by atoms with Crippen LogP contribution in [0.2, 0.25) is 0 Å². The maximum atomic E-state index is 12.1. The van der Waals surface area contributed by atoms with E-state index in [0.717, 1.165) is 17.7 Å². The van der Waals surface area contributed by atoms with Crippen molar-refractivity contribution >= 4 is 17.7 Å². The molecule has 0 aliphatic heterocycles. The van der Waals surface area contributed by atoms with E-state index in [-0.39, 0.29) is 5.91 Å². The van der Waals surface area contributed by atoms with Crippen LogP contribution in [0.25, 0.3) is 6.08 Å². The quantitative estimate of drug-likeness (QED) is 0.575. The minimum absolute atomic E-state index is 0.208. The molecule has 5 heteroatoms. The summed E-state index contributed by atoms with van der Waals surface area (Å²) in [5.41, 5.74) is 1.57. The van der Waals surface area contributed by atoms with Crippen LogP contribution in [0.15, 0.2) is 48.5 Å². The maximum Gasteiger partial charge on any atom is 0.248 e. The molecular weight excluding hydrogens is 354 g/mol. The van der Waals surface area contributed by atoms with Gasteiger partial charge in [0, 0.05) is 11.8 Å². The topological polar surface area (TPSA) is 56.8 Å². The molecule has 0 heterocycles. The molecule has 0 unspecified atom stereocenters. The van der Waals surface area contributed by atoms with Crippen LogP contribution in [-0.4, -0.2) is 26.2 Å². The lowest BCUT2D eigenvalue weighted by molar-refractivity contribution is -0.111. The van der Waals surface area contributed by atoms with Crippen molar-refractivity contribution in [2.45, 2.75) is 27.2 Å². The van der Waals surface area contributed by atoms with Crippen molar-refractivity contribution < 1.29 is 19.0 Å². The third-order valence-electron chi connectivity index (χ3n) is 4.00. The summed E-state index contributed by atoms with van der Waals surface area (Å²) < 4.78 is 16.6. The number of ether oxygens (including phenoxy) is 3. The Morgan fingerprint density at radius 1 is 1.07 bits per heavy atom. The lowest BCUT2D eigenvalue weighted by Gasteiger charge is -2.12. The molecule has 0 aliphatic rings. The van der Waals surface area contributed by atoms with Crippen LogP contribution >= 0.6 is 0 Å². The van der Waals surface area contributed by atoms with Crippen molar-refractivity contribution in [2.24, 2.45) is 5.92 Å². The first-order valence-electron chi connectivity index (χ1n) is 9.54. The molecule has 1 N–H and O–H groups in total. The van der Waals surface area contributed by atoms with Crippen LogP contribution in [0.5, 0.6) is 17.2 Å². The van der Waals surface area contributed by atoms with Crippen molar-refractivity contribution in [1.82, 2.24) is 0 Å². The monoisotopic (exact) mass is 383 g/mol. The third kappa shape index (κ3) is 6.99. The molecule has 0 spiro atoms. The molecule has 0 saturated carbocycles. The molecule has 5 nitrogen and oxygen atoms in total. The van der Waals surface area contributed by atoms with E-state index < -0.39 is 0 Å². The second kappa shape index (κ2) is 11.0. The lowest BCUT2D eigenvalue weighted by atomic mass is 10.1. The van der Waals surface area contributed by atoms with Crippen molar-refractivity contribution in [3.05, 3.63) is 54.1 Å². The van der Waals surface area contributed by atoms with Gasteiger partial charge in [-0.25, -0.2) is 0 Å². The number of rotatable bonds is 10. The Balaban J connectivity index is 1.95. The van der Waals surface area contributed by atoms with E-state index in [2.05, 4.69) is 19.2 Å². The first kappa shape index (κ1) is 21.4. The van der Waals surface area contributed by atoms with Crippen LogP contribution in [0, 0.1) is 5.92 Å². The van der Waals surface area contributed by atoms with Gasteiger partial charge in [0.05, 0.1) is 20.3 Å². The smallest absolute Gasteiger partial charge is 0.248 e. The van der Waals surface area contributed by atoms with Crippen LogP contribution < -0.4 is 19.5 Å². The van der Waals surface area contributed by atoms with Gasteiger partial charge in [0.25, 0.3) is 0 Å². The molecular formula is C23H29NO4. The van der Waals surface area contributed by atoms with Gasteiger partial charge in [0.15, 0.2) is 11.5 Å². The highest BCUT2D eigenvalue weighted by molar-refractivity contribution is 6.01.